The minimum atomic E-state index is -1.19. The topological polar surface area (TPSA) is 98.9 Å². The van der Waals surface area contributed by atoms with Gasteiger partial charge in [-0.25, -0.2) is 14.6 Å². The summed E-state index contributed by atoms with van der Waals surface area (Å²) in [6, 6.07) is 8.04. The first-order valence-corrected chi connectivity index (χ1v) is 7.59. The summed E-state index contributed by atoms with van der Waals surface area (Å²) in [5.74, 6) is -1.51. The Morgan fingerprint density at radius 2 is 2.12 bits per heavy atom. The predicted octanol–water partition coefficient (Wildman–Crippen LogP) is 3.68. The van der Waals surface area contributed by atoms with E-state index in [4.69, 9.17) is 9.15 Å². The van der Waals surface area contributed by atoms with Crippen molar-refractivity contribution in [3.8, 4) is 22.1 Å². The Bertz CT molecular complexity index is 884. The zero-order valence-corrected chi connectivity index (χ0v) is 13.2. The fraction of sp³-hybridized carbons (Fsp3) is 0.0625. The van der Waals surface area contributed by atoms with Crippen LogP contribution in [-0.2, 0) is 4.74 Å². The highest BCUT2D eigenvalue weighted by atomic mass is 32.1. The van der Waals surface area contributed by atoms with Gasteiger partial charge >= 0.3 is 11.9 Å². The maximum atomic E-state index is 11.7. The van der Waals surface area contributed by atoms with Crippen LogP contribution in [0.4, 0.5) is 0 Å². The second kappa shape index (κ2) is 6.55. The van der Waals surface area contributed by atoms with Crippen LogP contribution in [0.1, 0.15) is 20.8 Å². The molecule has 3 rings (SSSR count). The maximum Gasteiger partial charge on any atom is 0.360 e. The summed E-state index contributed by atoms with van der Waals surface area (Å²) in [7, 11) is 1.21. The molecule has 0 bridgehead atoms. The lowest BCUT2D eigenvalue weighted by Gasteiger charge is -2.08. The molecule has 2 heterocycles. The average molecular weight is 345 g/mol. The molecule has 24 heavy (non-hydrogen) atoms. The first-order chi connectivity index (χ1) is 11.6. The Morgan fingerprint density at radius 3 is 2.79 bits per heavy atom. The highest BCUT2D eigenvalue weighted by Gasteiger charge is 2.23. The zero-order valence-electron chi connectivity index (χ0n) is 12.4. The van der Waals surface area contributed by atoms with Crippen LogP contribution in [0.15, 0.2) is 46.5 Å². The molecule has 2 aromatic heterocycles. The van der Waals surface area contributed by atoms with E-state index in [1.165, 1.54) is 30.6 Å². The van der Waals surface area contributed by atoms with Crippen molar-refractivity contribution >= 4 is 23.3 Å². The molecule has 3 aromatic rings. The number of oxazole rings is 1. The number of aromatic nitrogens is 1. The van der Waals surface area contributed by atoms with Crippen molar-refractivity contribution in [2.45, 2.75) is 0 Å². The van der Waals surface area contributed by atoms with E-state index in [1.54, 1.807) is 12.1 Å². The Balaban J connectivity index is 2.04. The van der Waals surface area contributed by atoms with Gasteiger partial charge < -0.3 is 19.0 Å². The highest BCUT2D eigenvalue weighted by molar-refractivity contribution is 7.11. The van der Waals surface area contributed by atoms with Gasteiger partial charge in [-0.1, -0.05) is 0 Å². The minimum absolute atomic E-state index is 0.0296. The van der Waals surface area contributed by atoms with Gasteiger partial charge in [-0.05, 0) is 35.7 Å². The smallest absolute Gasteiger partial charge is 0.360 e. The molecule has 7 nitrogen and oxygen atoms in total. The number of aromatic carboxylic acids is 1. The summed E-state index contributed by atoms with van der Waals surface area (Å²) in [6.07, 6.45) is 1.06. The number of hydrogen-bond acceptors (Lipinski definition) is 7. The number of benzene rings is 1. The monoisotopic (exact) mass is 345 g/mol. The van der Waals surface area contributed by atoms with Gasteiger partial charge in [0.1, 0.15) is 5.75 Å². The van der Waals surface area contributed by atoms with Crippen LogP contribution in [0.3, 0.4) is 0 Å². The summed E-state index contributed by atoms with van der Waals surface area (Å²) in [5, 5.41) is 12.0. The van der Waals surface area contributed by atoms with Crippen molar-refractivity contribution < 1.29 is 28.6 Å². The van der Waals surface area contributed by atoms with Gasteiger partial charge in [0.25, 0.3) is 0 Å². The van der Waals surface area contributed by atoms with Crippen LogP contribution in [0.2, 0.25) is 0 Å². The lowest BCUT2D eigenvalue weighted by molar-refractivity contribution is 0.0593. The van der Waals surface area contributed by atoms with E-state index < -0.39 is 11.9 Å². The number of methoxy groups -OCH3 is 1. The number of carbonyl (C=O) groups is 2. The standard InChI is InChI=1S/C16H11NO6S/c1-21-16(20)13-14(22-8-17-13)10-5-4-9(7-11(10)15(18)19)23-12-3-2-6-24-12/h2-8H,1H3,(H,18,19). The van der Waals surface area contributed by atoms with E-state index in [0.29, 0.717) is 10.8 Å². The number of esters is 1. The van der Waals surface area contributed by atoms with Gasteiger partial charge in [-0.2, -0.15) is 0 Å². The maximum absolute atomic E-state index is 11.7. The third kappa shape index (κ3) is 2.99. The molecular formula is C16H11NO6S. The molecule has 0 unspecified atom stereocenters. The van der Waals surface area contributed by atoms with Crippen LogP contribution in [-0.4, -0.2) is 29.1 Å². The van der Waals surface area contributed by atoms with Gasteiger partial charge in [0.2, 0.25) is 0 Å². The first-order valence-electron chi connectivity index (χ1n) is 6.71. The zero-order chi connectivity index (χ0) is 17.1. The largest absolute Gasteiger partial charge is 0.478 e. The lowest BCUT2D eigenvalue weighted by Crippen LogP contribution is -2.06. The van der Waals surface area contributed by atoms with Crippen molar-refractivity contribution in [2.24, 2.45) is 0 Å². The van der Waals surface area contributed by atoms with E-state index >= 15 is 0 Å². The summed E-state index contributed by atoms with van der Waals surface area (Å²) in [5.41, 5.74) is 0.0387. The molecule has 1 N–H and O–H groups in total. The normalized spacial score (nSPS) is 10.4. The Hall–Kier alpha value is -3.13. The number of thiophene rings is 1. The van der Waals surface area contributed by atoms with Gasteiger partial charge in [0.15, 0.2) is 22.9 Å². The van der Waals surface area contributed by atoms with E-state index in [9.17, 15) is 14.7 Å². The molecule has 0 saturated heterocycles. The van der Waals surface area contributed by atoms with Crippen molar-refractivity contribution in [1.82, 2.24) is 4.98 Å². The summed E-state index contributed by atoms with van der Waals surface area (Å²) < 4.78 is 15.4. The molecule has 0 aliphatic heterocycles. The number of carboxylic acid groups (broad SMARTS) is 1. The number of nitrogens with zero attached hydrogens (tertiary/aromatic N) is 1. The minimum Gasteiger partial charge on any atom is -0.478 e. The molecule has 8 heteroatoms. The van der Waals surface area contributed by atoms with Crippen LogP contribution < -0.4 is 4.74 Å². The van der Waals surface area contributed by atoms with Gasteiger partial charge in [0, 0.05) is 5.56 Å². The van der Waals surface area contributed by atoms with Gasteiger partial charge in [0.05, 0.1) is 12.7 Å². The number of rotatable bonds is 5. The van der Waals surface area contributed by atoms with Crippen molar-refractivity contribution in [3.05, 3.63) is 53.4 Å². The third-order valence-corrected chi connectivity index (χ3v) is 3.87. The number of carboxylic acids is 1. The molecule has 0 spiro atoms. The van der Waals surface area contributed by atoms with Crippen LogP contribution >= 0.6 is 11.3 Å². The molecule has 0 aliphatic rings. The van der Waals surface area contributed by atoms with Crippen molar-refractivity contribution in [1.29, 1.82) is 0 Å². The number of ether oxygens (including phenoxy) is 2. The summed E-state index contributed by atoms with van der Waals surface area (Å²) in [6.45, 7) is 0. The summed E-state index contributed by atoms with van der Waals surface area (Å²) >= 11 is 1.38. The molecule has 0 atom stereocenters. The van der Waals surface area contributed by atoms with E-state index in [2.05, 4.69) is 9.72 Å². The molecule has 0 amide bonds. The van der Waals surface area contributed by atoms with Gasteiger partial charge in [-0.15, -0.1) is 11.3 Å². The van der Waals surface area contributed by atoms with Gasteiger partial charge in [-0.3, -0.25) is 0 Å². The van der Waals surface area contributed by atoms with Crippen molar-refractivity contribution in [3.63, 3.8) is 0 Å². The molecule has 1 aromatic carbocycles. The molecule has 0 aliphatic carbocycles. The van der Waals surface area contributed by atoms with Crippen LogP contribution in [0, 0.1) is 0 Å². The van der Waals surface area contributed by atoms with E-state index in [0.717, 1.165) is 6.39 Å². The fourth-order valence-corrected chi connectivity index (χ4v) is 2.67. The Kier molecular flexibility index (Phi) is 4.30. The quantitative estimate of drug-likeness (QED) is 0.704. The Labute approximate surface area is 140 Å². The molecule has 0 radical (unpaired) electrons. The number of hydrogen-bond donors (Lipinski definition) is 1. The molecule has 0 fully saturated rings. The lowest BCUT2D eigenvalue weighted by atomic mass is 10.0. The predicted molar refractivity (Wildman–Crippen MR) is 84.6 cm³/mol. The SMILES string of the molecule is COC(=O)c1ncoc1-c1ccc(Oc2cccs2)cc1C(=O)O. The highest BCUT2D eigenvalue weighted by Crippen LogP contribution is 2.33. The fourth-order valence-electron chi connectivity index (χ4n) is 2.08. The van der Waals surface area contributed by atoms with Crippen LogP contribution in [0.25, 0.3) is 11.3 Å². The van der Waals surface area contributed by atoms with Crippen molar-refractivity contribution in [2.75, 3.05) is 7.11 Å². The summed E-state index contributed by atoms with van der Waals surface area (Å²) in [4.78, 5) is 27.1. The third-order valence-electron chi connectivity index (χ3n) is 3.13. The van der Waals surface area contributed by atoms with E-state index in [-0.39, 0.29) is 22.6 Å². The molecule has 122 valence electrons. The molecule has 0 saturated carbocycles. The second-order valence-corrected chi connectivity index (χ2v) is 5.48. The average Bonchev–Trinajstić information content (AvgIpc) is 3.25. The number of carbonyl (C=O) groups excluding carboxylic acids is 1. The second-order valence-electron chi connectivity index (χ2n) is 4.57. The first kappa shape index (κ1) is 15.8. The molecular weight excluding hydrogens is 334 g/mol. The van der Waals surface area contributed by atoms with Crippen LogP contribution in [0.5, 0.6) is 10.8 Å². The van der Waals surface area contributed by atoms with E-state index in [1.807, 2.05) is 11.4 Å². The Morgan fingerprint density at radius 1 is 1.29 bits per heavy atom.